The number of nitro groups is 1. The molecule has 0 bridgehead atoms. The highest BCUT2D eigenvalue weighted by molar-refractivity contribution is 6.30. The Balaban J connectivity index is 1.77. The molecule has 0 radical (unpaired) electrons. The van der Waals surface area contributed by atoms with Crippen molar-refractivity contribution in [3.8, 4) is 11.5 Å². The lowest BCUT2D eigenvalue weighted by Gasteiger charge is -2.12. The van der Waals surface area contributed by atoms with E-state index in [9.17, 15) is 10.1 Å². The summed E-state index contributed by atoms with van der Waals surface area (Å²) in [6.45, 7) is 2.27. The quantitative estimate of drug-likeness (QED) is 0.359. The molecule has 3 aromatic rings. The number of methoxy groups -OCH3 is 2. The minimum absolute atomic E-state index is 0.0963. The molecular formula is C21H22ClN5O4. The fraction of sp³-hybridized carbons (Fsp3) is 0.238. The normalized spacial score (nSPS) is 10.5. The maximum atomic E-state index is 11.8. The van der Waals surface area contributed by atoms with Crippen molar-refractivity contribution in [3.05, 3.63) is 69.0 Å². The van der Waals surface area contributed by atoms with Gasteiger partial charge >= 0.3 is 5.69 Å². The van der Waals surface area contributed by atoms with Gasteiger partial charge in [-0.2, -0.15) is 0 Å². The summed E-state index contributed by atoms with van der Waals surface area (Å²) in [5.74, 6) is 1.49. The van der Waals surface area contributed by atoms with E-state index >= 15 is 0 Å². The molecule has 0 unspecified atom stereocenters. The highest BCUT2D eigenvalue weighted by atomic mass is 35.5. The summed E-state index contributed by atoms with van der Waals surface area (Å²) >= 11 is 5.98. The van der Waals surface area contributed by atoms with Crippen molar-refractivity contribution in [1.29, 1.82) is 0 Å². The molecule has 0 spiro atoms. The standard InChI is InChI=1S/C21H22ClN5O4/c1-13-10-15(22)5-6-16(13)26-21-19(27(28)29)20(24-12-25-21)23-9-8-14-4-7-17(30-2)18(11-14)31-3/h4-7,10-12H,8-9H2,1-3H3,(H2,23,24,25,26). The predicted molar refractivity (Wildman–Crippen MR) is 120 cm³/mol. The summed E-state index contributed by atoms with van der Waals surface area (Å²) in [6.07, 6.45) is 1.87. The van der Waals surface area contributed by atoms with E-state index in [4.69, 9.17) is 21.1 Å². The minimum atomic E-state index is -0.508. The second-order valence-electron chi connectivity index (χ2n) is 6.63. The molecule has 0 saturated heterocycles. The van der Waals surface area contributed by atoms with E-state index in [1.807, 2.05) is 25.1 Å². The van der Waals surface area contributed by atoms with Crippen LogP contribution < -0.4 is 20.1 Å². The molecule has 0 saturated carbocycles. The van der Waals surface area contributed by atoms with E-state index in [1.54, 1.807) is 32.4 Å². The Morgan fingerprint density at radius 3 is 2.48 bits per heavy atom. The Labute approximate surface area is 184 Å². The number of ether oxygens (including phenoxy) is 2. The monoisotopic (exact) mass is 443 g/mol. The average Bonchev–Trinajstić information content (AvgIpc) is 2.75. The predicted octanol–water partition coefficient (Wildman–Crippen LogP) is 4.76. The van der Waals surface area contributed by atoms with Crippen molar-refractivity contribution in [2.75, 3.05) is 31.4 Å². The van der Waals surface area contributed by atoms with E-state index in [2.05, 4.69) is 20.6 Å². The average molecular weight is 444 g/mol. The van der Waals surface area contributed by atoms with Crippen LogP contribution in [0, 0.1) is 17.0 Å². The first kappa shape index (κ1) is 22.1. The number of rotatable bonds is 9. The molecule has 162 valence electrons. The van der Waals surface area contributed by atoms with Gasteiger partial charge in [-0.05, 0) is 54.8 Å². The molecule has 0 aliphatic carbocycles. The van der Waals surface area contributed by atoms with Gasteiger partial charge in [0.05, 0.1) is 19.1 Å². The van der Waals surface area contributed by atoms with E-state index in [1.165, 1.54) is 6.33 Å². The van der Waals surface area contributed by atoms with E-state index in [0.29, 0.717) is 35.2 Å². The van der Waals surface area contributed by atoms with Crippen LogP contribution in [0.5, 0.6) is 11.5 Å². The van der Waals surface area contributed by atoms with Gasteiger partial charge in [0.25, 0.3) is 0 Å². The highest BCUT2D eigenvalue weighted by Gasteiger charge is 2.23. The molecule has 0 aliphatic heterocycles. The lowest BCUT2D eigenvalue weighted by Crippen LogP contribution is -2.11. The van der Waals surface area contributed by atoms with E-state index < -0.39 is 4.92 Å². The van der Waals surface area contributed by atoms with Gasteiger partial charge in [0.1, 0.15) is 6.33 Å². The van der Waals surface area contributed by atoms with Gasteiger partial charge in [0, 0.05) is 17.3 Å². The number of benzene rings is 2. The van der Waals surface area contributed by atoms with Crippen molar-refractivity contribution in [2.45, 2.75) is 13.3 Å². The van der Waals surface area contributed by atoms with E-state index in [0.717, 1.165) is 11.1 Å². The fourth-order valence-electron chi connectivity index (χ4n) is 3.03. The van der Waals surface area contributed by atoms with Crippen LogP contribution in [0.4, 0.5) is 23.0 Å². The molecule has 2 N–H and O–H groups in total. The third kappa shape index (κ3) is 5.32. The first-order valence-corrected chi connectivity index (χ1v) is 9.78. The number of anilines is 3. The molecule has 2 aromatic carbocycles. The molecule has 0 fully saturated rings. The second kappa shape index (κ2) is 9.94. The zero-order valence-corrected chi connectivity index (χ0v) is 18.1. The van der Waals surface area contributed by atoms with Gasteiger partial charge in [-0.15, -0.1) is 0 Å². The maximum absolute atomic E-state index is 11.8. The van der Waals surface area contributed by atoms with Crippen LogP contribution in [0.25, 0.3) is 0 Å². The van der Waals surface area contributed by atoms with Gasteiger partial charge in [-0.1, -0.05) is 17.7 Å². The molecule has 0 aliphatic rings. The van der Waals surface area contributed by atoms with Gasteiger partial charge in [0.2, 0.25) is 11.6 Å². The maximum Gasteiger partial charge on any atom is 0.353 e. The van der Waals surface area contributed by atoms with Crippen molar-refractivity contribution < 1.29 is 14.4 Å². The number of nitrogens with zero attached hydrogens (tertiary/aromatic N) is 3. The van der Waals surface area contributed by atoms with Crippen molar-refractivity contribution >= 4 is 34.6 Å². The zero-order valence-electron chi connectivity index (χ0n) is 17.3. The number of halogens is 1. The van der Waals surface area contributed by atoms with Crippen LogP contribution >= 0.6 is 11.6 Å². The van der Waals surface area contributed by atoms with E-state index in [-0.39, 0.29) is 17.3 Å². The zero-order chi connectivity index (χ0) is 22.4. The van der Waals surface area contributed by atoms with Crippen LogP contribution in [0.15, 0.2) is 42.7 Å². The number of hydrogen-bond acceptors (Lipinski definition) is 8. The molecule has 9 nitrogen and oxygen atoms in total. The summed E-state index contributed by atoms with van der Waals surface area (Å²) in [7, 11) is 3.14. The first-order valence-electron chi connectivity index (χ1n) is 9.40. The lowest BCUT2D eigenvalue weighted by atomic mass is 10.1. The van der Waals surface area contributed by atoms with Crippen molar-refractivity contribution in [1.82, 2.24) is 9.97 Å². The molecule has 31 heavy (non-hydrogen) atoms. The Kier molecular flexibility index (Phi) is 7.09. The molecule has 0 atom stereocenters. The van der Waals surface area contributed by atoms with Crippen LogP contribution in [-0.2, 0) is 6.42 Å². The lowest BCUT2D eigenvalue weighted by molar-refractivity contribution is -0.383. The van der Waals surface area contributed by atoms with Crippen LogP contribution in [-0.4, -0.2) is 35.7 Å². The van der Waals surface area contributed by atoms with Gasteiger partial charge in [-0.3, -0.25) is 10.1 Å². The summed E-state index contributed by atoms with van der Waals surface area (Å²) < 4.78 is 10.5. The third-order valence-electron chi connectivity index (χ3n) is 4.60. The van der Waals surface area contributed by atoms with Crippen molar-refractivity contribution in [2.24, 2.45) is 0 Å². The first-order chi connectivity index (χ1) is 14.9. The minimum Gasteiger partial charge on any atom is -0.493 e. The molecule has 0 amide bonds. The summed E-state index contributed by atoms with van der Waals surface area (Å²) in [6, 6.07) is 10.8. The molecule has 10 heteroatoms. The van der Waals surface area contributed by atoms with Gasteiger partial charge < -0.3 is 20.1 Å². The Morgan fingerprint density at radius 1 is 1.06 bits per heavy atom. The molecular weight excluding hydrogens is 422 g/mol. The molecule has 3 rings (SSSR count). The Bertz CT molecular complexity index is 1090. The SMILES string of the molecule is COc1ccc(CCNc2ncnc(Nc3ccc(Cl)cc3C)c2[N+](=O)[O-])cc1OC. The number of hydrogen-bond donors (Lipinski definition) is 2. The van der Waals surface area contributed by atoms with Gasteiger partial charge in [-0.25, -0.2) is 9.97 Å². The number of aromatic nitrogens is 2. The summed E-state index contributed by atoms with van der Waals surface area (Å²) in [4.78, 5) is 19.4. The van der Waals surface area contributed by atoms with Crippen LogP contribution in [0.2, 0.25) is 5.02 Å². The largest absolute Gasteiger partial charge is 0.493 e. The summed E-state index contributed by atoms with van der Waals surface area (Å²) in [5, 5.41) is 18.4. The van der Waals surface area contributed by atoms with Gasteiger partial charge in [0.15, 0.2) is 11.5 Å². The molecule has 1 heterocycles. The Hall–Kier alpha value is -3.59. The highest BCUT2D eigenvalue weighted by Crippen LogP contribution is 2.33. The topological polar surface area (TPSA) is 111 Å². The Morgan fingerprint density at radius 2 is 1.81 bits per heavy atom. The second-order valence-corrected chi connectivity index (χ2v) is 7.06. The summed E-state index contributed by atoms with van der Waals surface area (Å²) in [5.41, 5.74) is 2.26. The van der Waals surface area contributed by atoms with Crippen LogP contribution in [0.1, 0.15) is 11.1 Å². The molecule has 1 aromatic heterocycles. The fourth-order valence-corrected chi connectivity index (χ4v) is 3.26. The third-order valence-corrected chi connectivity index (χ3v) is 4.84. The number of aryl methyl sites for hydroxylation is 1. The number of nitrogens with one attached hydrogen (secondary N) is 2. The van der Waals surface area contributed by atoms with Crippen LogP contribution in [0.3, 0.4) is 0 Å². The smallest absolute Gasteiger partial charge is 0.353 e. The van der Waals surface area contributed by atoms with Crippen molar-refractivity contribution in [3.63, 3.8) is 0 Å².